The normalized spacial score (nSPS) is 11.9. The third-order valence-corrected chi connectivity index (χ3v) is 1.69. The molecule has 0 aliphatic rings. The second kappa shape index (κ2) is 5.10. The molecule has 16 heavy (non-hydrogen) atoms. The molecule has 88 valence electrons. The van der Waals surface area contributed by atoms with Gasteiger partial charge in [0.1, 0.15) is 6.04 Å². The molecule has 1 aromatic rings. The van der Waals surface area contributed by atoms with Crippen LogP contribution in [0.5, 0.6) is 0 Å². The van der Waals surface area contributed by atoms with Gasteiger partial charge in [0.2, 0.25) is 5.89 Å². The Bertz CT molecular complexity index is 389. The topological polar surface area (TPSA) is 117 Å². The Labute approximate surface area is 91.0 Å². The van der Waals surface area contributed by atoms with Crippen molar-refractivity contribution in [2.45, 2.75) is 26.4 Å². The standard InChI is InChI=1S/C8H12N4O4/c1-4(7(13)14)10-8(15)9-3-6-11-5(2)16-12-6/h4H,3H2,1-2H3,(H,13,14)(H2,9,10,15). The van der Waals surface area contributed by atoms with Crippen LogP contribution in [0.2, 0.25) is 0 Å². The van der Waals surface area contributed by atoms with E-state index in [9.17, 15) is 9.59 Å². The van der Waals surface area contributed by atoms with Gasteiger partial charge in [-0.05, 0) is 6.92 Å². The van der Waals surface area contributed by atoms with Gasteiger partial charge in [-0.25, -0.2) is 4.79 Å². The number of aryl methyl sites for hydroxylation is 1. The number of hydrogen-bond acceptors (Lipinski definition) is 5. The molecule has 0 aromatic carbocycles. The summed E-state index contributed by atoms with van der Waals surface area (Å²) in [5.74, 6) is -0.378. The van der Waals surface area contributed by atoms with Crippen molar-refractivity contribution in [3.8, 4) is 0 Å². The molecule has 0 bridgehead atoms. The van der Waals surface area contributed by atoms with Crippen LogP contribution in [0.15, 0.2) is 4.52 Å². The fourth-order valence-electron chi connectivity index (χ4n) is 0.882. The van der Waals surface area contributed by atoms with E-state index in [-0.39, 0.29) is 6.54 Å². The molecule has 0 aliphatic heterocycles. The van der Waals surface area contributed by atoms with E-state index in [4.69, 9.17) is 5.11 Å². The predicted molar refractivity (Wildman–Crippen MR) is 51.5 cm³/mol. The van der Waals surface area contributed by atoms with E-state index < -0.39 is 18.0 Å². The maximum atomic E-state index is 11.2. The number of aromatic nitrogens is 2. The summed E-state index contributed by atoms with van der Waals surface area (Å²) in [6, 6.07) is -1.55. The van der Waals surface area contributed by atoms with Crippen LogP contribution in [0, 0.1) is 6.92 Å². The van der Waals surface area contributed by atoms with Gasteiger partial charge < -0.3 is 20.3 Å². The van der Waals surface area contributed by atoms with E-state index in [0.717, 1.165) is 0 Å². The zero-order valence-corrected chi connectivity index (χ0v) is 8.85. The number of amides is 2. The summed E-state index contributed by atoms with van der Waals surface area (Å²) in [7, 11) is 0. The van der Waals surface area contributed by atoms with Gasteiger partial charge in [-0.2, -0.15) is 4.98 Å². The molecular weight excluding hydrogens is 216 g/mol. The average Bonchev–Trinajstić information content (AvgIpc) is 2.61. The number of rotatable bonds is 4. The van der Waals surface area contributed by atoms with Gasteiger partial charge in [0.05, 0.1) is 6.54 Å². The summed E-state index contributed by atoms with van der Waals surface area (Å²) < 4.78 is 4.69. The molecular formula is C8H12N4O4. The van der Waals surface area contributed by atoms with Gasteiger partial charge in [0, 0.05) is 6.92 Å². The van der Waals surface area contributed by atoms with Crippen molar-refractivity contribution in [3.05, 3.63) is 11.7 Å². The molecule has 1 atom stereocenters. The van der Waals surface area contributed by atoms with Crippen LogP contribution in [0.3, 0.4) is 0 Å². The molecule has 0 saturated carbocycles. The minimum atomic E-state index is -1.11. The molecule has 0 radical (unpaired) electrons. The number of nitrogens with zero attached hydrogens (tertiary/aromatic N) is 2. The number of nitrogens with one attached hydrogen (secondary N) is 2. The summed E-state index contributed by atoms with van der Waals surface area (Å²) in [5.41, 5.74) is 0. The highest BCUT2D eigenvalue weighted by atomic mass is 16.5. The summed E-state index contributed by atoms with van der Waals surface area (Å²) >= 11 is 0. The fraction of sp³-hybridized carbons (Fsp3) is 0.500. The summed E-state index contributed by atoms with van der Waals surface area (Å²) in [6.07, 6.45) is 0. The average molecular weight is 228 g/mol. The maximum Gasteiger partial charge on any atom is 0.325 e. The van der Waals surface area contributed by atoms with Gasteiger partial charge in [-0.1, -0.05) is 5.16 Å². The van der Waals surface area contributed by atoms with Crippen molar-refractivity contribution in [2.24, 2.45) is 0 Å². The predicted octanol–water partition coefficient (Wildman–Crippen LogP) is -0.350. The molecule has 0 fully saturated rings. The maximum absolute atomic E-state index is 11.2. The first-order valence-corrected chi connectivity index (χ1v) is 4.55. The molecule has 1 rings (SSSR count). The lowest BCUT2D eigenvalue weighted by Gasteiger charge is -2.09. The highest BCUT2D eigenvalue weighted by Crippen LogP contribution is 1.93. The van der Waals surface area contributed by atoms with Crippen molar-refractivity contribution in [2.75, 3.05) is 0 Å². The highest BCUT2D eigenvalue weighted by molar-refractivity contribution is 5.81. The molecule has 0 spiro atoms. The Balaban J connectivity index is 2.33. The molecule has 1 unspecified atom stereocenters. The Morgan fingerprint density at radius 2 is 2.25 bits per heavy atom. The molecule has 0 saturated heterocycles. The van der Waals surface area contributed by atoms with Gasteiger partial charge in [-0.3, -0.25) is 4.79 Å². The Morgan fingerprint density at radius 3 is 2.75 bits per heavy atom. The first-order chi connectivity index (χ1) is 7.49. The quantitative estimate of drug-likeness (QED) is 0.648. The first kappa shape index (κ1) is 12.0. The van der Waals surface area contributed by atoms with Crippen LogP contribution in [0.25, 0.3) is 0 Å². The smallest absolute Gasteiger partial charge is 0.325 e. The molecule has 1 heterocycles. The van der Waals surface area contributed by atoms with E-state index in [0.29, 0.717) is 11.7 Å². The lowest BCUT2D eigenvalue weighted by molar-refractivity contribution is -0.138. The van der Waals surface area contributed by atoms with Gasteiger partial charge in [0.25, 0.3) is 0 Å². The van der Waals surface area contributed by atoms with Crippen molar-refractivity contribution in [1.82, 2.24) is 20.8 Å². The molecule has 2 amide bonds. The Kier molecular flexibility index (Phi) is 3.81. The van der Waals surface area contributed by atoms with Crippen molar-refractivity contribution in [3.63, 3.8) is 0 Å². The summed E-state index contributed by atoms with van der Waals surface area (Å²) in [5, 5.41) is 16.7. The number of urea groups is 1. The van der Waals surface area contributed by atoms with Crippen LogP contribution in [-0.2, 0) is 11.3 Å². The second-order valence-corrected chi connectivity index (χ2v) is 3.12. The number of carboxylic acid groups (broad SMARTS) is 1. The van der Waals surface area contributed by atoms with Crippen LogP contribution < -0.4 is 10.6 Å². The van der Waals surface area contributed by atoms with Gasteiger partial charge in [0.15, 0.2) is 5.82 Å². The summed E-state index contributed by atoms with van der Waals surface area (Å²) in [4.78, 5) is 25.5. The van der Waals surface area contributed by atoms with Crippen molar-refractivity contribution >= 4 is 12.0 Å². The molecule has 0 aliphatic carbocycles. The minimum Gasteiger partial charge on any atom is -0.480 e. The van der Waals surface area contributed by atoms with E-state index in [1.807, 2.05) is 0 Å². The number of hydrogen-bond donors (Lipinski definition) is 3. The van der Waals surface area contributed by atoms with Crippen LogP contribution in [0.4, 0.5) is 4.79 Å². The van der Waals surface area contributed by atoms with Crippen molar-refractivity contribution < 1.29 is 19.2 Å². The first-order valence-electron chi connectivity index (χ1n) is 4.55. The highest BCUT2D eigenvalue weighted by Gasteiger charge is 2.13. The molecule has 8 heteroatoms. The number of carboxylic acids is 1. The van der Waals surface area contributed by atoms with Crippen LogP contribution in [-0.4, -0.2) is 33.3 Å². The van der Waals surface area contributed by atoms with E-state index in [1.54, 1.807) is 6.92 Å². The van der Waals surface area contributed by atoms with Gasteiger partial charge in [-0.15, -0.1) is 0 Å². The van der Waals surface area contributed by atoms with Crippen LogP contribution >= 0.6 is 0 Å². The van der Waals surface area contributed by atoms with Crippen molar-refractivity contribution in [1.29, 1.82) is 0 Å². The Hall–Kier alpha value is -2.12. The summed E-state index contributed by atoms with van der Waals surface area (Å²) in [6.45, 7) is 3.07. The zero-order valence-electron chi connectivity index (χ0n) is 8.85. The van der Waals surface area contributed by atoms with E-state index >= 15 is 0 Å². The van der Waals surface area contributed by atoms with E-state index in [2.05, 4.69) is 25.3 Å². The largest absolute Gasteiger partial charge is 0.480 e. The number of carbonyl (C=O) groups excluding carboxylic acids is 1. The fourth-order valence-corrected chi connectivity index (χ4v) is 0.882. The minimum absolute atomic E-state index is 0.0789. The van der Waals surface area contributed by atoms with Crippen LogP contribution in [0.1, 0.15) is 18.6 Å². The van der Waals surface area contributed by atoms with E-state index in [1.165, 1.54) is 6.92 Å². The Morgan fingerprint density at radius 1 is 1.56 bits per heavy atom. The number of carbonyl (C=O) groups is 2. The third-order valence-electron chi connectivity index (χ3n) is 1.69. The molecule has 8 nitrogen and oxygen atoms in total. The zero-order chi connectivity index (χ0) is 12.1. The third kappa shape index (κ3) is 3.56. The second-order valence-electron chi connectivity index (χ2n) is 3.12. The molecule has 3 N–H and O–H groups in total. The molecule has 1 aromatic heterocycles. The lowest BCUT2D eigenvalue weighted by atomic mass is 10.3. The monoisotopic (exact) mass is 228 g/mol. The lowest BCUT2D eigenvalue weighted by Crippen LogP contribution is -2.44. The van der Waals surface area contributed by atoms with Gasteiger partial charge >= 0.3 is 12.0 Å². The SMILES string of the molecule is Cc1nc(CNC(=O)NC(C)C(=O)O)no1. The number of aliphatic carboxylic acids is 1.